The minimum atomic E-state index is -3.90. The lowest BCUT2D eigenvalue weighted by Gasteiger charge is -2.13. The summed E-state index contributed by atoms with van der Waals surface area (Å²) in [6.07, 6.45) is 0. The number of aryl methyl sites for hydroxylation is 1. The standard InChI is InChI=1S/C12H14FN3O2S2/c1-7-6-19-12(15-7)8(2)16-20(17,18)11-5-9(13)3-4-10(11)14/h3-6,8,16H,14H2,1-2H3. The molecule has 1 aromatic carbocycles. The van der Waals surface area contributed by atoms with Gasteiger partial charge in [-0.1, -0.05) is 0 Å². The number of anilines is 1. The van der Waals surface area contributed by atoms with Gasteiger partial charge >= 0.3 is 0 Å². The average molecular weight is 315 g/mol. The predicted molar refractivity (Wildman–Crippen MR) is 76.4 cm³/mol. The highest BCUT2D eigenvalue weighted by Crippen LogP contribution is 2.23. The van der Waals surface area contributed by atoms with E-state index in [0.717, 1.165) is 17.8 Å². The van der Waals surface area contributed by atoms with Gasteiger partial charge in [0.05, 0.1) is 11.7 Å². The summed E-state index contributed by atoms with van der Waals surface area (Å²) in [5, 5.41) is 2.47. The van der Waals surface area contributed by atoms with Crippen LogP contribution in [0.3, 0.4) is 0 Å². The highest BCUT2D eigenvalue weighted by atomic mass is 32.2. The monoisotopic (exact) mass is 315 g/mol. The SMILES string of the molecule is Cc1csc(C(C)NS(=O)(=O)c2cc(F)ccc2N)n1. The number of halogens is 1. The summed E-state index contributed by atoms with van der Waals surface area (Å²) < 4.78 is 40.1. The summed E-state index contributed by atoms with van der Waals surface area (Å²) in [4.78, 5) is 3.95. The number of aromatic nitrogens is 1. The number of sulfonamides is 1. The van der Waals surface area contributed by atoms with E-state index in [2.05, 4.69) is 9.71 Å². The number of hydrogen-bond acceptors (Lipinski definition) is 5. The molecule has 8 heteroatoms. The molecular weight excluding hydrogens is 301 g/mol. The largest absolute Gasteiger partial charge is 0.398 e. The molecule has 0 aliphatic carbocycles. The second-order valence-electron chi connectivity index (χ2n) is 4.35. The third-order valence-corrected chi connectivity index (χ3v) is 5.35. The third-order valence-electron chi connectivity index (χ3n) is 2.60. The molecule has 108 valence electrons. The molecule has 1 atom stereocenters. The van der Waals surface area contributed by atoms with Gasteiger partial charge in [-0.15, -0.1) is 11.3 Å². The van der Waals surface area contributed by atoms with Gasteiger partial charge in [-0.3, -0.25) is 0 Å². The van der Waals surface area contributed by atoms with Crippen LogP contribution in [0.25, 0.3) is 0 Å². The van der Waals surface area contributed by atoms with Crippen molar-refractivity contribution >= 4 is 27.0 Å². The molecule has 0 aliphatic heterocycles. The zero-order valence-corrected chi connectivity index (χ0v) is 12.6. The minimum absolute atomic E-state index is 0.00131. The number of nitrogens with one attached hydrogen (secondary N) is 1. The van der Waals surface area contributed by atoms with Crippen LogP contribution in [0.4, 0.5) is 10.1 Å². The van der Waals surface area contributed by atoms with Gasteiger partial charge < -0.3 is 5.73 Å². The molecule has 0 radical (unpaired) electrons. The van der Waals surface area contributed by atoms with E-state index >= 15 is 0 Å². The molecule has 2 rings (SSSR count). The number of nitrogens with two attached hydrogens (primary N) is 1. The van der Waals surface area contributed by atoms with Crippen LogP contribution < -0.4 is 10.5 Å². The predicted octanol–water partition coefficient (Wildman–Crippen LogP) is 2.21. The molecule has 1 unspecified atom stereocenters. The van der Waals surface area contributed by atoms with Crippen molar-refractivity contribution in [3.05, 3.63) is 40.1 Å². The van der Waals surface area contributed by atoms with Gasteiger partial charge in [-0.2, -0.15) is 0 Å². The molecule has 0 saturated carbocycles. The summed E-state index contributed by atoms with van der Waals surface area (Å²) in [5.41, 5.74) is 6.42. The number of hydrogen-bond donors (Lipinski definition) is 2. The maximum atomic E-state index is 13.2. The van der Waals surface area contributed by atoms with E-state index in [9.17, 15) is 12.8 Å². The number of nitrogens with zero attached hydrogens (tertiary/aromatic N) is 1. The lowest BCUT2D eigenvalue weighted by Crippen LogP contribution is -2.27. The van der Waals surface area contributed by atoms with Crippen molar-refractivity contribution in [2.24, 2.45) is 0 Å². The Kier molecular flexibility index (Phi) is 4.07. The molecule has 3 N–H and O–H groups in total. The number of thiazole rings is 1. The van der Waals surface area contributed by atoms with Crippen molar-refractivity contribution in [3.8, 4) is 0 Å². The summed E-state index contributed by atoms with van der Waals surface area (Å²) in [6.45, 7) is 3.50. The molecule has 1 heterocycles. The summed E-state index contributed by atoms with van der Waals surface area (Å²) >= 11 is 1.36. The van der Waals surface area contributed by atoms with Crippen molar-refractivity contribution < 1.29 is 12.8 Å². The maximum absolute atomic E-state index is 13.2. The first-order valence-corrected chi connectivity index (χ1v) is 8.15. The average Bonchev–Trinajstić information content (AvgIpc) is 2.78. The first kappa shape index (κ1) is 14.9. The van der Waals surface area contributed by atoms with Gasteiger partial charge in [0, 0.05) is 11.1 Å². The molecule has 1 aromatic heterocycles. The zero-order valence-electron chi connectivity index (χ0n) is 10.9. The van der Waals surface area contributed by atoms with E-state index in [1.807, 2.05) is 12.3 Å². The number of rotatable bonds is 4. The molecule has 0 saturated heterocycles. The second-order valence-corrected chi connectivity index (χ2v) is 6.92. The molecule has 20 heavy (non-hydrogen) atoms. The van der Waals surface area contributed by atoms with Crippen LogP contribution in [0, 0.1) is 12.7 Å². The summed E-state index contributed by atoms with van der Waals surface area (Å²) in [6, 6.07) is 2.73. The topological polar surface area (TPSA) is 85.1 Å². The van der Waals surface area contributed by atoms with E-state index in [4.69, 9.17) is 5.73 Å². The molecule has 0 aliphatic rings. The lowest BCUT2D eigenvalue weighted by atomic mass is 10.3. The van der Waals surface area contributed by atoms with Crippen LogP contribution in [-0.4, -0.2) is 13.4 Å². The fourth-order valence-electron chi connectivity index (χ4n) is 1.66. The Balaban J connectivity index is 2.29. The zero-order chi connectivity index (χ0) is 14.9. The Hall–Kier alpha value is -1.51. The Morgan fingerprint density at radius 2 is 2.15 bits per heavy atom. The highest BCUT2D eigenvalue weighted by Gasteiger charge is 2.22. The molecular formula is C12H14FN3O2S2. The van der Waals surface area contributed by atoms with Crippen LogP contribution in [0.5, 0.6) is 0 Å². The van der Waals surface area contributed by atoms with E-state index in [-0.39, 0.29) is 10.6 Å². The number of benzene rings is 1. The van der Waals surface area contributed by atoms with Gasteiger partial charge in [-0.05, 0) is 32.0 Å². The van der Waals surface area contributed by atoms with Gasteiger partial charge in [0.2, 0.25) is 10.0 Å². The van der Waals surface area contributed by atoms with E-state index < -0.39 is 21.9 Å². The molecule has 0 amide bonds. The van der Waals surface area contributed by atoms with E-state index in [1.165, 1.54) is 17.4 Å². The maximum Gasteiger partial charge on any atom is 0.243 e. The normalized spacial score (nSPS) is 13.3. The first-order chi connectivity index (χ1) is 9.29. The van der Waals surface area contributed by atoms with Crippen LogP contribution in [-0.2, 0) is 10.0 Å². The van der Waals surface area contributed by atoms with Gasteiger partial charge in [0.15, 0.2) is 0 Å². The molecule has 0 fully saturated rings. The Bertz CT molecular complexity index is 728. The van der Waals surface area contributed by atoms with Crippen LogP contribution in [0.2, 0.25) is 0 Å². The second kappa shape index (κ2) is 5.47. The number of nitrogen functional groups attached to an aromatic ring is 1. The molecule has 0 bridgehead atoms. The fraction of sp³-hybridized carbons (Fsp3) is 0.250. The van der Waals surface area contributed by atoms with Crippen LogP contribution in [0.15, 0.2) is 28.5 Å². The molecule has 2 aromatic rings. The van der Waals surface area contributed by atoms with E-state index in [1.54, 1.807) is 6.92 Å². The molecule has 0 spiro atoms. The van der Waals surface area contributed by atoms with Gasteiger partial charge in [0.1, 0.15) is 15.7 Å². The Morgan fingerprint density at radius 1 is 1.45 bits per heavy atom. The van der Waals surface area contributed by atoms with Crippen LogP contribution in [0.1, 0.15) is 23.7 Å². The Labute approximate surface area is 120 Å². The fourth-order valence-corrected chi connectivity index (χ4v) is 3.89. The van der Waals surface area contributed by atoms with Crippen molar-refractivity contribution in [1.29, 1.82) is 0 Å². The summed E-state index contributed by atoms with van der Waals surface area (Å²) in [5.74, 6) is -0.655. The van der Waals surface area contributed by atoms with Crippen molar-refractivity contribution in [2.45, 2.75) is 24.8 Å². The third kappa shape index (κ3) is 3.14. The van der Waals surface area contributed by atoms with Crippen molar-refractivity contribution in [1.82, 2.24) is 9.71 Å². The first-order valence-electron chi connectivity index (χ1n) is 5.79. The quantitative estimate of drug-likeness (QED) is 0.847. The minimum Gasteiger partial charge on any atom is -0.398 e. The Morgan fingerprint density at radius 3 is 2.75 bits per heavy atom. The van der Waals surface area contributed by atoms with Crippen LogP contribution >= 0.6 is 11.3 Å². The smallest absolute Gasteiger partial charge is 0.243 e. The van der Waals surface area contributed by atoms with E-state index in [0.29, 0.717) is 5.01 Å². The van der Waals surface area contributed by atoms with Gasteiger partial charge in [-0.25, -0.2) is 22.5 Å². The van der Waals surface area contributed by atoms with Gasteiger partial charge in [0.25, 0.3) is 0 Å². The molecule has 5 nitrogen and oxygen atoms in total. The highest BCUT2D eigenvalue weighted by molar-refractivity contribution is 7.89. The summed E-state index contributed by atoms with van der Waals surface area (Å²) in [7, 11) is -3.90. The van der Waals surface area contributed by atoms with Crippen molar-refractivity contribution in [2.75, 3.05) is 5.73 Å². The van der Waals surface area contributed by atoms with Crippen molar-refractivity contribution in [3.63, 3.8) is 0 Å². The lowest BCUT2D eigenvalue weighted by molar-refractivity contribution is 0.564.